The number of benzene rings is 2. The maximum Gasteiger partial charge on any atom is 0.253 e. The lowest BCUT2D eigenvalue weighted by atomic mass is 9.71. The maximum absolute atomic E-state index is 13.1. The zero-order valence-electron chi connectivity index (χ0n) is 15.7. The van der Waals surface area contributed by atoms with Gasteiger partial charge in [0, 0.05) is 25.2 Å². The summed E-state index contributed by atoms with van der Waals surface area (Å²) in [5.41, 5.74) is 2.37. The Morgan fingerprint density at radius 2 is 1.44 bits per heavy atom. The predicted molar refractivity (Wildman–Crippen MR) is 105 cm³/mol. The Balaban J connectivity index is 1.29. The molecule has 4 heteroatoms. The topological polar surface area (TPSA) is 23.6 Å². The molecular weight excluding hydrogens is 339 g/mol. The average molecular weight is 366 g/mol. The summed E-state index contributed by atoms with van der Waals surface area (Å²) in [4.78, 5) is 17.1. The maximum atomic E-state index is 13.1. The van der Waals surface area contributed by atoms with Crippen LogP contribution in [0, 0.1) is 11.2 Å². The second kappa shape index (κ2) is 7.81. The molecule has 4 rings (SSSR count). The van der Waals surface area contributed by atoms with Crippen LogP contribution >= 0.6 is 0 Å². The van der Waals surface area contributed by atoms with E-state index >= 15 is 0 Å². The Labute approximate surface area is 160 Å². The summed E-state index contributed by atoms with van der Waals surface area (Å²) in [6.07, 6.45) is 4.61. The minimum atomic E-state index is -0.300. The third kappa shape index (κ3) is 4.22. The number of carbonyl (C=O) groups excluding carboxylic acids is 1. The summed E-state index contributed by atoms with van der Waals surface area (Å²) in [5.74, 6) is -0.266. The molecule has 0 aliphatic carbocycles. The van der Waals surface area contributed by atoms with Crippen molar-refractivity contribution in [2.24, 2.45) is 5.41 Å². The zero-order valence-corrected chi connectivity index (χ0v) is 15.7. The van der Waals surface area contributed by atoms with Crippen molar-refractivity contribution in [3.05, 3.63) is 71.5 Å². The van der Waals surface area contributed by atoms with E-state index in [0.29, 0.717) is 11.0 Å². The van der Waals surface area contributed by atoms with Gasteiger partial charge in [0.05, 0.1) is 0 Å². The number of hydrogen-bond donors (Lipinski definition) is 0. The van der Waals surface area contributed by atoms with Gasteiger partial charge in [-0.2, -0.15) is 0 Å². The lowest BCUT2D eigenvalue weighted by molar-refractivity contribution is 0.0285. The van der Waals surface area contributed by atoms with Crippen molar-refractivity contribution in [2.75, 3.05) is 26.2 Å². The summed E-state index contributed by atoms with van der Waals surface area (Å²) >= 11 is 0. The van der Waals surface area contributed by atoms with Crippen LogP contribution in [0.15, 0.2) is 54.6 Å². The van der Waals surface area contributed by atoms with Crippen LogP contribution in [0.3, 0.4) is 0 Å². The first-order valence-corrected chi connectivity index (χ1v) is 9.95. The molecule has 142 valence electrons. The molecule has 2 aromatic carbocycles. The van der Waals surface area contributed by atoms with Crippen LogP contribution in [0.25, 0.3) is 0 Å². The minimum absolute atomic E-state index is 0.0337. The summed E-state index contributed by atoms with van der Waals surface area (Å²) in [7, 11) is 0. The molecule has 0 atom stereocenters. The molecule has 0 radical (unpaired) electrons. The third-order valence-corrected chi connectivity index (χ3v) is 6.37. The molecule has 0 saturated carbocycles. The van der Waals surface area contributed by atoms with Gasteiger partial charge in [0.15, 0.2) is 0 Å². The van der Waals surface area contributed by atoms with Crippen LogP contribution in [-0.2, 0) is 6.54 Å². The normalized spacial score (nSPS) is 20.0. The molecule has 2 fully saturated rings. The van der Waals surface area contributed by atoms with Gasteiger partial charge in [0.2, 0.25) is 0 Å². The van der Waals surface area contributed by atoms with Crippen LogP contribution in [0.2, 0.25) is 0 Å². The molecule has 27 heavy (non-hydrogen) atoms. The molecule has 2 heterocycles. The van der Waals surface area contributed by atoms with E-state index in [9.17, 15) is 9.18 Å². The smallest absolute Gasteiger partial charge is 0.253 e. The fourth-order valence-corrected chi connectivity index (χ4v) is 4.49. The van der Waals surface area contributed by atoms with E-state index in [0.717, 1.165) is 45.6 Å². The van der Waals surface area contributed by atoms with Crippen LogP contribution in [0.1, 0.15) is 41.6 Å². The van der Waals surface area contributed by atoms with Gasteiger partial charge in [-0.3, -0.25) is 9.69 Å². The molecule has 1 spiro atoms. The number of carbonyl (C=O) groups is 1. The standard InChI is InChI=1S/C23H27FN2O/c24-21-8-6-20(7-9-21)22(27)26-16-12-23(13-17-26)10-14-25(15-11-23)18-19-4-2-1-3-5-19/h1-9H,10-18H2. The predicted octanol–water partition coefficient (Wildman–Crippen LogP) is 4.34. The first kappa shape index (κ1) is 18.2. The molecule has 3 nitrogen and oxygen atoms in total. The average Bonchev–Trinajstić information content (AvgIpc) is 2.71. The van der Waals surface area contributed by atoms with Crippen LogP contribution < -0.4 is 0 Å². The van der Waals surface area contributed by atoms with E-state index in [1.807, 2.05) is 4.90 Å². The number of piperidine rings is 2. The van der Waals surface area contributed by atoms with E-state index in [1.54, 1.807) is 12.1 Å². The van der Waals surface area contributed by atoms with Crippen molar-refractivity contribution in [2.45, 2.75) is 32.2 Å². The molecule has 2 aromatic rings. The first-order chi connectivity index (χ1) is 13.1. The molecule has 2 aliphatic rings. The Bertz CT molecular complexity index is 757. The highest BCUT2D eigenvalue weighted by atomic mass is 19.1. The summed E-state index contributed by atoms with van der Waals surface area (Å²) in [5, 5.41) is 0. The highest BCUT2D eigenvalue weighted by Crippen LogP contribution is 2.41. The molecule has 2 saturated heterocycles. The summed E-state index contributed by atoms with van der Waals surface area (Å²) in [6.45, 7) is 4.94. The molecular formula is C23H27FN2O. The van der Waals surface area contributed by atoms with E-state index in [4.69, 9.17) is 0 Å². The largest absolute Gasteiger partial charge is 0.339 e. The number of halogens is 1. The van der Waals surface area contributed by atoms with Crippen LogP contribution in [0.5, 0.6) is 0 Å². The number of nitrogens with zero attached hydrogens (tertiary/aromatic N) is 2. The van der Waals surface area contributed by atoms with Crippen molar-refractivity contribution in [3.63, 3.8) is 0 Å². The highest BCUT2D eigenvalue weighted by molar-refractivity contribution is 5.94. The second-order valence-electron chi connectivity index (χ2n) is 8.06. The van der Waals surface area contributed by atoms with Crippen molar-refractivity contribution in [1.82, 2.24) is 9.80 Å². The molecule has 1 amide bonds. The Morgan fingerprint density at radius 3 is 2.07 bits per heavy atom. The van der Waals surface area contributed by atoms with E-state index in [2.05, 4.69) is 35.2 Å². The van der Waals surface area contributed by atoms with Gasteiger partial charge in [0.25, 0.3) is 5.91 Å². The lowest BCUT2D eigenvalue weighted by Crippen LogP contribution is -2.48. The highest BCUT2D eigenvalue weighted by Gasteiger charge is 2.38. The number of amides is 1. The van der Waals surface area contributed by atoms with Crippen LogP contribution in [-0.4, -0.2) is 41.9 Å². The van der Waals surface area contributed by atoms with Gasteiger partial charge in [-0.1, -0.05) is 30.3 Å². The van der Waals surface area contributed by atoms with Crippen molar-refractivity contribution < 1.29 is 9.18 Å². The molecule has 0 N–H and O–H groups in total. The SMILES string of the molecule is O=C(c1ccc(F)cc1)N1CCC2(CCN(Cc3ccccc3)CC2)CC1. The molecule has 0 unspecified atom stereocenters. The Hall–Kier alpha value is -2.20. The monoisotopic (exact) mass is 366 g/mol. The number of rotatable bonds is 3. The molecule has 0 aromatic heterocycles. The van der Waals surface area contributed by atoms with Gasteiger partial charge in [-0.15, -0.1) is 0 Å². The molecule has 0 bridgehead atoms. The zero-order chi connectivity index (χ0) is 18.7. The van der Waals surface area contributed by atoms with Gasteiger partial charge in [0.1, 0.15) is 5.82 Å². The van der Waals surface area contributed by atoms with Gasteiger partial charge >= 0.3 is 0 Å². The molecule has 2 aliphatic heterocycles. The van der Waals surface area contributed by atoms with E-state index in [-0.39, 0.29) is 11.7 Å². The van der Waals surface area contributed by atoms with Gasteiger partial charge in [-0.05, 0) is 74.0 Å². The van der Waals surface area contributed by atoms with Gasteiger partial charge in [-0.25, -0.2) is 4.39 Å². The van der Waals surface area contributed by atoms with Crippen molar-refractivity contribution >= 4 is 5.91 Å². The summed E-state index contributed by atoms with van der Waals surface area (Å²) in [6, 6.07) is 16.6. The van der Waals surface area contributed by atoms with Gasteiger partial charge < -0.3 is 4.90 Å². The quantitative estimate of drug-likeness (QED) is 0.807. The Morgan fingerprint density at radius 1 is 0.852 bits per heavy atom. The fourth-order valence-electron chi connectivity index (χ4n) is 4.49. The van der Waals surface area contributed by atoms with Crippen molar-refractivity contribution in [1.29, 1.82) is 0 Å². The number of likely N-dealkylation sites (tertiary alicyclic amines) is 2. The van der Waals surface area contributed by atoms with Crippen LogP contribution in [0.4, 0.5) is 4.39 Å². The minimum Gasteiger partial charge on any atom is -0.339 e. The lowest BCUT2D eigenvalue weighted by Gasteiger charge is -2.47. The van der Waals surface area contributed by atoms with E-state index in [1.165, 1.54) is 30.5 Å². The second-order valence-corrected chi connectivity index (χ2v) is 8.06. The first-order valence-electron chi connectivity index (χ1n) is 9.95. The van der Waals surface area contributed by atoms with E-state index < -0.39 is 0 Å². The summed E-state index contributed by atoms with van der Waals surface area (Å²) < 4.78 is 13.1. The number of hydrogen-bond acceptors (Lipinski definition) is 2. The Kier molecular flexibility index (Phi) is 5.26. The third-order valence-electron chi connectivity index (χ3n) is 6.37. The fraction of sp³-hybridized carbons (Fsp3) is 0.435. The van der Waals surface area contributed by atoms with Crippen molar-refractivity contribution in [3.8, 4) is 0 Å².